The van der Waals surface area contributed by atoms with Gasteiger partial charge in [-0.25, -0.2) is 18.1 Å². The van der Waals surface area contributed by atoms with Crippen molar-refractivity contribution in [2.75, 3.05) is 18.5 Å². The van der Waals surface area contributed by atoms with Crippen LogP contribution in [0.2, 0.25) is 0 Å². The fourth-order valence-electron chi connectivity index (χ4n) is 1.61. The fraction of sp³-hybridized carbons (Fsp3) is 0.300. The molecule has 0 aliphatic heterocycles. The van der Waals surface area contributed by atoms with Crippen LogP contribution in [0.3, 0.4) is 0 Å². The van der Waals surface area contributed by atoms with Gasteiger partial charge in [-0.1, -0.05) is 0 Å². The first-order chi connectivity index (χ1) is 7.96. The van der Waals surface area contributed by atoms with Crippen molar-refractivity contribution >= 4 is 26.7 Å². The van der Waals surface area contributed by atoms with Crippen LogP contribution in [0.25, 0.3) is 11.0 Å². The third-order valence-corrected chi connectivity index (χ3v) is 3.09. The van der Waals surface area contributed by atoms with Gasteiger partial charge >= 0.3 is 0 Å². The number of nitrogens with zero attached hydrogens (tertiary/aromatic N) is 2. The first-order valence-electron chi connectivity index (χ1n) is 5.11. The minimum Gasteiger partial charge on any atom is -0.399 e. The maximum Gasteiger partial charge on any atom is 0.208 e. The van der Waals surface area contributed by atoms with Crippen LogP contribution in [0.15, 0.2) is 24.5 Å². The van der Waals surface area contributed by atoms with Crippen LogP contribution in [0.1, 0.15) is 0 Å². The molecule has 92 valence electrons. The molecule has 1 aromatic carbocycles. The summed E-state index contributed by atoms with van der Waals surface area (Å²) in [6.45, 7) is 0.877. The van der Waals surface area contributed by atoms with Gasteiger partial charge in [-0.05, 0) is 18.2 Å². The molecule has 0 fully saturated rings. The number of rotatable bonds is 4. The number of hydrogen-bond donors (Lipinski definition) is 2. The Bertz CT molecular complexity index is 633. The number of aromatic nitrogens is 2. The van der Waals surface area contributed by atoms with Gasteiger partial charge in [-0.15, -0.1) is 0 Å². The molecule has 0 atom stereocenters. The van der Waals surface area contributed by atoms with E-state index in [1.54, 1.807) is 18.5 Å². The highest BCUT2D eigenvalue weighted by molar-refractivity contribution is 7.88. The molecule has 6 nitrogen and oxygen atoms in total. The summed E-state index contributed by atoms with van der Waals surface area (Å²) in [7, 11) is -3.14. The van der Waals surface area contributed by atoms with E-state index in [0.29, 0.717) is 18.8 Å². The maximum atomic E-state index is 10.9. The zero-order valence-corrected chi connectivity index (χ0v) is 10.2. The van der Waals surface area contributed by atoms with Gasteiger partial charge in [0.2, 0.25) is 10.0 Å². The summed E-state index contributed by atoms with van der Waals surface area (Å²) < 4.78 is 26.1. The second-order valence-electron chi connectivity index (χ2n) is 3.85. The molecule has 0 amide bonds. The summed E-state index contributed by atoms with van der Waals surface area (Å²) in [5, 5.41) is 0. The number of benzene rings is 1. The lowest BCUT2D eigenvalue weighted by molar-refractivity contribution is 0.580. The summed E-state index contributed by atoms with van der Waals surface area (Å²) in [5.74, 6) is 0. The van der Waals surface area contributed by atoms with E-state index in [0.717, 1.165) is 17.3 Å². The molecule has 0 aliphatic carbocycles. The Morgan fingerprint density at radius 2 is 2.24 bits per heavy atom. The van der Waals surface area contributed by atoms with Crippen LogP contribution in [-0.2, 0) is 16.6 Å². The van der Waals surface area contributed by atoms with Crippen molar-refractivity contribution in [3.8, 4) is 0 Å². The summed E-state index contributed by atoms with van der Waals surface area (Å²) in [5.41, 5.74) is 8.06. The van der Waals surface area contributed by atoms with Crippen molar-refractivity contribution in [3.05, 3.63) is 24.5 Å². The van der Waals surface area contributed by atoms with Crippen LogP contribution in [0, 0.1) is 0 Å². The lowest BCUT2D eigenvalue weighted by Crippen LogP contribution is -2.25. The average Bonchev–Trinajstić information content (AvgIpc) is 2.59. The highest BCUT2D eigenvalue weighted by atomic mass is 32.2. The van der Waals surface area contributed by atoms with E-state index in [-0.39, 0.29) is 0 Å². The quantitative estimate of drug-likeness (QED) is 0.761. The van der Waals surface area contributed by atoms with Crippen LogP contribution in [0.5, 0.6) is 0 Å². The van der Waals surface area contributed by atoms with Crippen LogP contribution in [-0.4, -0.2) is 30.8 Å². The number of nitrogen functional groups attached to an aromatic ring is 1. The molecule has 0 bridgehead atoms. The molecular weight excluding hydrogens is 240 g/mol. The van der Waals surface area contributed by atoms with E-state index >= 15 is 0 Å². The van der Waals surface area contributed by atoms with Gasteiger partial charge in [-0.2, -0.15) is 0 Å². The molecular formula is C10H14N4O2S. The van der Waals surface area contributed by atoms with Crippen molar-refractivity contribution in [1.82, 2.24) is 14.3 Å². The van der Waals surface area contributed by atoms with Crippen LogP contribution < -0.4 is 10.5 Å². The van der Waals surface area contributed by atoms with Crippen molar-refractivity contribution in [3.63, 3.8) is 0 Å². The number of hydrogen-bond acceptors (Lipinski definition) is 4. The van der Waals surface area contributed by atoms with Crippen LogP contribution >= 0.6 is 0 Å². The molecule has 17 heavy (non-hydrogen) atoms. The van der Waals surface area contributed by atoms with Crippen LogP contribution in [0.4, 0.5) is 5.69 Å². The SMILES string of the molecule is CS(=O)(=O)NCCn1cnc2cc(N)ccc21. The minimum absolute atomic E-state index is 0.342. The van der Waals surface area contributed by atoms with Gasteiger partial charge in [0.25, 0.3) is 0 Å². The molecule has 2 aromatic rings. The molecule has 1 aromatic heterocycles. The lowest BCUT2D eigenvalue weighted by Gasteiger charge is -2.04. The smallest absolute Gasteiger partial charge is 0.208 e. The van der Waals surface area contributed by atoms with Gasteiger partial charge in [0, 0.05) is 18.8 Å². The van der Waals surface area contributed by atoms with Gasteiger partial charge in [0.15, 0.2) is 0 Å². The van der Waals surface area contributed by atoms with E-state index in [9.17, 15) is 8.42 Å². The average molecular weight is 254 g/mol. The van der Waals surface area contributed by atoms with E-state index in [1.165, 1.54) is 0 Å². The summed E-state index contributed by atoms with van der Waals surface area (Å²) in [4.78, 5) is 4.20. The Labute approximate surface area is 99.5 Å². The summed E-state index contributed by atoms with van der Waals surface area (Å²) in [6, 6.07) is 5.46. The number of nitrogens with one attached hydrogen (secondary N) is 1. The fourth-order valence-corrected chi connectivity index (χ4v) is 2.07. The number of fused-ring (bicyclic) bond motifs is 1. The molecule has 3 N–H and O–H groups in total. The highest BCUT2D eigenvalue weighted by Crippen LogP contribution is 2.15. The molecule has 0 aliphatic rings. The Balaban J connectivity index is 2.14. The van der Waals surface area contributed by atoms with Gasteiger partial charge in [0.05, 0.1) is 23.6 Å². The summed E-state index contributed by atoms with van der Waals surface area (Å²) >= 11 is 0. The number of sulfonamides is 1. The van der Waals surface area contributed by atoms with E-state index in [4.69, 9.17) is 5.73 Å². The Morgan fingerprint density at radius 1 is 1.47 bits per heavy atom. The molecule has 7 heteroatoms. The molecule has 0 radical (unpaired) electrons. The Morgan fingerprint density at radius 3 is 2.94 bits per heavy atom. The van der Waals surface area contributed by atoms with Crippen molar-refractivity contribution < 1.29 is 8.42 Å². The largest absolute Gasteiger partial charge is 0.399 e. The third-order valence-electron chi connectivity index (χ3n) is 2.36. The van der Waals surface area contributed by atoms with Crippen molar-refractivity contribution in [2.24, 2.45) is 0 Å². The second kappa shape index (κ2) is 4.34. The van der Waals surface area contributed by atoms with Gasteiger partial charge in [0.1, 0.15) is 0 Å². The lowest BCUT2D eigenvalue weighted by atomic mass is 10.3. The Kier molecular flexibility index (Phi) is 3.03. The van der Waals surface area contributed by atoms with E-state index in [2.05, 4.69) is 9.71 Å². The molecule has 0 unspecified atom stereocenters. The minimum atomic E-state index is -3.14. The van der Waals surface area contributed by atoms with Crippen molar-refractivity contribution in [2.45, 2.75) is 6.54 Å². The number of nitrogens with two attached hydrogens (primary N) is 1. The number of anilines is 1. The van der Waals surface area contributed by atoms with Gasteiger partial charge in [-0.3, -0.25) is 0 Å². The van der Waals surface area contributed by atoms with Crippen molar-refractivity contribution in [1.29, 1.82) is 0 Å². The van der Waals surface area contributed by atoms with Gasteiger partial charge < -0.3 is 10.3 Å². The topological polar surface area (TPSA) is 90.0 Å². The standard InChI is InChI=1S/C10H14N4O2S/c1-17(15,16)13-4-5-14-7-12-9-6-8(11)2-3-10(9)14/h2-3,6-7,13H,4-5,11H2,1H3. The summed E-state index contributed by atoms with van der Waals surface area (Å²) in [6.07, 6.45) is 2.81. The predicted molar refractivity (Wildman–Crippen MR) is 67.0 cm³/mol. The zero-order valence-electron chi connectivity index (χ0n) is 9.42. The predicted octanol–water partition coefficient (Wildman–Crippen LogP) is 0.168. The molecule has 1 heterocycles. The molecule has 2 rings (SSSR count). The van der Waals surface area contributed by atoms with E-state index < -0.39 is 10.0 Å². The molecule has 0 saturated heterocycles. The first kappa shape index (κ1) is 11.9. The first-order valence-corrected chi connectivity index (χ1v) is 7.00. The zero-order chi connectivity index (χ0) is 12.5. The second-order valence-corrected chi connectivity index (χ2v) is 5.69. The highest BCUT2D eigenvalue weighted by Gasteiger charge is 2.04. The monoisotopic (exact) mass is 254 g/mol. The number of imidazole rings is 1. The molecule has 0 saturated carbocycles. The Hall–Kier alpha value is -1.60. The normalized spacial score (nSPS) is 12.1. The third kappa shape index (κ3) is 2.95. The maximum absolute atomic E-state index is 10.9. The molecule has 0 spiro atoms. The van der Waals surface area contributed by atoms with E-state index in [1.807, 2.05) is 10.6 Å².